The van der Waals surface area contributed by atoms with Crippen LogP contribution in [-0.4, -0.2) is 39.3 Å². The van der Waals surface area contributed by atoms with E-state index in [4.69, 9.17) is 11.6 Å². The molecule has 0 aromatic carbocycles. The van der Waals surface area contributed by atoms with Crippen LogP contribution in [0.5, 0.6) is 0 Å². The zero-order valence-electron chi connectivity index (χ0n) is 12.5. The van der Waals surface area contributed by atoms with Crippen molar-refractivity contribution in [2.24, 2.45) is 5.92 Å². The predicted octanol–water partition coefficient (Wildman–Crippen LogP) is 2.18. The van der Waals surface area contributed by atoms with Gasteiger partial charge in [0.05, 0.1) is 17.8 Å². The molecule has 2 aromatic rings. The number of likely N-dealkylation sites (tertiary alicyclic amines) is 1. The van der Waals surface area contributed by atoms with Gasteiger partial charge in [0, 0.05) is 25.0 Å². The highest BCUT2D eigenvalue weighted by atomic mass is 35.5. The highest BCUT2D eigenvalue weighted by Gasteiger charge is 2.19. The third kappa shape index (κ3) is 4.21. The van der Waals surface area contributed by atoms with Gasteiger partial charge in [-0.1, -0.05) is 17.7 Å². The van der Waals surface area contributed by atoms with Crippen LogP contribution in [0.1, 0.15) is 18.4 Å². The number of pyridine rings is 1. The molecule has 118 valence electrons. The van der Waals surface area contributed by atoms with Crippen molar-refractivity contribution in [1.82, 2.24) is 19.7 Å². The maximum Gasteiger partial charge on any atom is 0.247 e. The number of hydrogen-bond donors (Lipinski definition) is 1. The van der Waals surface area contributed by atoms with Crippen LogP contribution in [0.25, 0.3) is 0 Å². The third-order valence-corrected chi connectivity index (χ3v) is 4.52. The minimum absolute atomic E-state index is 0.0303. The summed E-state index contributed by atoms with van der Waals surface area (Å²) in [5.74, 6) is 0.710. The summed E-state index contributed by atoms with van der Waals surface area (Å²) in [5.41, 5.74) is 1.20. The van der Waals surface area contributed by atoms with Gasteiger partial charge in [0.15, 0.2) is 0 Å². The third-order valence-electron chi connectivity index (χ3n) is 4.33. The second-order valence-corrected chi connectivity index (χ2v) is 6.41. The molecule has 5 nitrogen and oxygen atoms in total. The fourth-order valence-electron chi connectivity index (χ4n) is 3.02. The summed E-state index contributed by atoms with van der Waals surface area (Å²) in [7, 11) is 0. The average molecular weight is 321 g/mol. The minimum atomic E-state index is -0.0303. The molecular formula is C16H21ClN4O. The van der Waals surface area contributed by atoms with Gasteiger partial charge < -0.3 is 9.88 Å². The Hall–Kier alpha value is -1.59. The predicted molar refractivity (Wildman–Crippen MR) is 87.2 cm³/mol. The number of aromatic nitrogens is 3. The molecule has 0 bridgehead atoms. The molecule has 3 rings (SSSR count). The van der Waals surface area contributed by atoms with E-state index in [0.29, 0.717) is 10.9 Å². The van der Waals surface area contributed by atoms with Crippen molar-refractivity contribution >= 4 is 11.6 Å². The molecule has 0 spiro atoms. The van der Waals surface area contributed by atoms with Gasteiger partial charge in [-0.3, -0.25) is 9.48 Å². The van der Waals surface area contributed by atoms with Gasteiger partial charge >= 0.3 is 0 Å². The van der Waals surface area contributed by atoms with Gasteiger partial charge in [-0.25, -0.2) is 0 Å². The van der Waals surface area contributed by atoms with Crippen molar-refractivity contribution in [3.63, 3.8) is 0 Å². The molecular weight excluding hydrogens is 300 g/mol. The molecule has 3 heterocycles. The number of halogens is 1. The van der Waals surface area contributed by atoms with Crippen molar-refractivity contribution in [1.29, 1.82) is 0 Å². The summed E-state index contributed by atoms with van der Waals surface area (Å²) >= 11 is 5.87. The van der Waals surface area contributed by atoms with Crippen molar-refractivity contribution in [2.45, 2.75) is 25.8 Å². The van der Waals surface area contributed by atoms with Crippen LogP contribution in [0, 0.1) is 5.92 Å². The van der Waals surface area contributed by atoms with E-state index in [1.165, 1.54) is 18.4 Å². The topological polar surface area (TPSA) is 53.9 Å². The number of aromatic amines is 1. The van der Waals surface area contributed by atoms with E-state index >= 15 is 0 Å². The second-order valence-electron chi connectivity index (χ2n) is 5.97. The van der Waals surface area contributed by atoms with Crippen LogP contribution in [0.15, 0.2) is 35.5 Å². The lowest BCUT2D eigenvalue weighted by Gasteiger charge is -2.31. The first-order valence-corrected chi connectivity index (χ1v) is 8.15. The van der Waals surface area contributed by atoms with Crippen molar-refractivity contribution in [3.8, 4) is 0 Å². The summed E-state index contributed by atoms with van der Waals surface area (Å²) in [6, 6.07) is 3.55. The largest absolute Gasteiger partial charge is 0.329 e. The number of nitrogens with one attached hydrogen (secondary N) is 1. The Morgan fingerprint density at radius 2 is 2.09 bits per heavy atom. The monoisotopic (exact) mass is 320 g/mol. The highest BCUT2D eigenvalue weighted by molar-refractivity contribution is 6.30. The van der Waals surface area contributed by atoms with Gasteiger partial charge in [0.1, 0.15) is 0 Å². The number of nitrogens with zero attached hydrogens (tertiary/aromatic N) is 3. The lowest BCUT2D eigenvalue weighted by molar-refractivity contribution is 0.176. The molecule has 22 heavy (non-hydrogen) atoms. The van der Waals surface area contributed by atoms with E-state index in [-0.39, 0.29) is 5.56 Å². The van der Waals surface area contributed by atoms with E-state index < -0.39 is 0 Å². The van der Waals surface area contributed by atoms with Crippen molar-refractivity contribution in [2.75, 3.05) is 19.6 Å². The molecule has 1 aliphatic rings. The lowest BCUT2D eigenvalue weighted by Crippen LogP contribution is -2.36. The standard InChI is InChI=1S/C16H21ClN4O/c17-15-11-19-21(12-15)8-7-20-5-3-13(4-6-20)9-14-1-2-16(22)18-10-14/h1-2,10-13H,3-9H2,(H,18,22). The Bertz CT molecular complexity index is 638. The number of piperidine rings is 1. The van der Waals surface area contributed by atoms with Crippen LogP contribution < -0.4 is 5.56 Å². The molecule has 0 amide bonds. The molecule has 2 aromatic heterocycles. The smallest absolute Gasteiger partial charge is 0.247 e. The molecule has 0 radical (unpaired) electrons. The molecule has 1 aliphatic heterocycles. The Kier molecular flexibility index (Phi) is 4.95. The molecule has 1 fully saturated rings. The Morgan fingerprint density at radius 1 is 1.27 bits per heavy atom. The summed E-state index contributed by atoms with van der Waals surface area (Å²) in [4.78, 5) is 16.3. The maximum atomic E-state index is 11.1. The van der Waals surface area contributed by atoms with Crippen LogP contribution in [0.3, 0.4) is 0 Å². The van der Waals surface area contributed by atoms with E-state index in [9.17, 15) is 4.79 Å². The summed E-state index contributed by atoms with van der Waals surface area (Å²) < 4.78 is 1.90. The van der Waals surface area contributed by atoms with E-state index in [1.807, 2.05) is 23.1 Å². The molecule has 1 N–H and O–H groups in total. The molecule has 0 aliphatic carbocycles. The number of H-pyrrole nitrogens is 1. The van der Waals surface area contributed by atoms with Gasteiger partial charge in [-0.2, -0.15) is 5.10 Å². The molecule has 6 heteroatoms. The molecule has 1 saturated heterocycles. The Labute approximate surface area is 134 Å². The zero-order valence-corrected chi connectivity index (χ0v) is 13.3. The van der Waals surface area contributed by atoms with Crippen molar-refractivity contribution < 1.29 is 0 Å². The lowest BCUT2D eigenvalue weighted by atomic mass is 9.91. The fourth-order valence-corrected chi connectivity index (χ4v) is 3.18. The van der Waals surface area contributed by atoms with E-state index in [0.717, 1.165) is 32.6 Å². The maximum absolute atomic E-state index is 11.1. The van der Waals surface area contributed by atoms with E-state index in [1.54, 1.807) is 12.3 Å². The van der Waals surface area contributed by atoms with Gasteiger partial charge in [-0.05, 0) is 43.8 Å². The molecule has 0 unspecified atom stereocenters. The number of hydrogen-bond acceptors (Lipinski definition) is 3. The number of rotatable bonds is 5. The molecule has 0 atom stereocenters. The van der Waals surface area contributed by atoms with Gasteiger partial charge in [-0.15, -0.1) is 0 Å². The first-order chi connectivity index (χ1) is 10.7. The molecule has 0 saturated carbocycles. The van der Waals surface area contributed by atoms with E-state index in [2.05, 4.69) is 15.0 Å². The van der Waals surface area contributed by atoms with Crippen LogP contribution >= 0.6 is 11.6 Å². The van der Waals surface area contributed by atoms with Crippen LogP contribution in [0.2, 0.25) is 5.02 Å². The average Bonchev–Trinajstić information content (AvgIpc) is 2.94. The minimum Gasteiger partial charge on any atom is -0.329 e. The highest BCUT2D eigenvalue weighted by Crippen LogP contribution is 2.21. The SMILES string of the molecule is O=c1ccc(CC2CCN(CCn3cc(Cl)cn3)CC2)c[nH]1. The van der Waals surface area contributed by atoms with Crippen LogP contribution in [-0.2, 0) is 13.0 Å². The van der Waals surface area contributed by atoms with Gasteiger partial charge in [0.25, 0.3) is 0 Å². The summed E-state index contributed by atoms with van der Waals surface area (Å²) in [5, 5.41) is 4.90. The quantitative estimate of drug-likeness (QED) is 0.918. The zero-order chi connectivity index (χ0) is 15.4. The summed E-state index contributed by atoms with van der Waals surface area (Å²) in [6.45, 7) is 4.16. The normalized spacial score (nSPS) is 17.0. The first kappa shape index (κ1) is 15.3. The van der Waals surface area contributed by atoms with Gasteiger partial charge in [0.2, 0.25) is 5.56 Å². The Balaban J connectivity index is 1.42. The van der Waals surface area contributed by atoms with Crippen molar-refractivity contribution in [3.05, 3.63) is 51.7 Å². The first-order valence-electron chi connectivity index (χ1n) is 7.77. The summed E-state index contributed by atoms with van der Waals surface area (Å²) in [6.07, 6.45) is 8.86. The second kappa shape index (κ2) is 7.11. The fraction of sp³-hybridized carbons (Fsp3) is 0.500. The van der Waals surface area contributed by atoms with Crippen LogP contribution in [0.4, 0.5) is 0 Å². The Morgan fingerprint density at radius 3 is 2.73 bits per heavy atom.